The molecule has 0 aliphatic carbocycles. The van der Waals surface area contributed by atoms with Gasteiger partial charge in [-0.25, -0.2) is 4.79 Å². The first-order chi connectivity index (χ1) is 11.3. The molecular weight excluding hydrogens is 369 g/mol. The van der Waals surface area contributed by atoms with Crippen LogP contribution in [-0.2, 0) is 25.6 Å². The Morgan fingerprint density at radius 1 is 1.29 bits per heavy atom. The van der Waals surface area contributed by atoms with Crippen LogP contribution >= 0.6 is 17.1 Å². The molecule has 0 aliphatic heterocycles. The second-order valence-corrected chi connectivity index (χ2v) is 11.6. The van der Waals surface area contributed by atoms with Crippen LogP contribution in [0.3, 0.4) is 0 Å². The lowest BCUT2D eigenvalue weighted by Gasteiger charge is -2.15. The van der Waals surface area contributed by atoms with E-state index in [-0.39, 0.29) is 18.1 Å². The summed E-state index contributed by atoms with van der Waals surface area (Å²) in [4.78, 5) is 23.5. The maximum atomic E-state index is 11.8. The van der Waals surface area contributed by atoms with Crippen molar-refractivity contribution in [1.29, 1.82) is 0 Å². The summed E-state index contributed by atoms with van der Waals surface area (Å²) < 4.78 is 15.3. The van der Waals surface area contributed by atoms with Gasteiger partial charge < -0.3 is 19.1 Å². The van der Waals surface area contributed by atoms with Gasteiger partial charge in [-0.3, -0.25) is 4.79 Å². The molecule has 1 N–H and O–H groups in total. The van der Waals surface area contributed by atoms with Crippen LogP contribution in [0, 0.1) is 0 Å². The molecule has 0 fully saturated rings. The summed E-state index contributed by atoms with van der Waals surface area (Å²) in [6, 6.07) is 7.28. The highest BCUT2D eigenvalue weighted by Crippen LogP contribution is 2.59. The zero-order valence-electron chi connectivity index (χ0n) is 14.1. The molecule has 0 saturated carbocycles. The molecule has 0 aromatic heterocycles. The van der Waals surface area contributed by atoms with E-state index >= 15 is 0 Å². The van der Waals surface area contributed by atoms with Crippen molar-refractivity contribution >= 4 is 40.8 Å². The first-order valence-electron chi connectivity index (χ1n) is 7.23. The lowest BCUT2D eigenvalue weighted by Crippen LogP contribution is -2.32. The van der Waals surface area contributed by atoms with Crippen molar-refractivity contribution in [2.45, 2.75) is 19.8 Å². The van der Waals surface area contributed by atoms with E-state index in [1.54, 1.807) is 12.1 Å². The number of amides is 1. The highest BCUT2D eigenvalue weighted by molar-refractivity contribution is 8.68. The van der Waals surface area contributed by atoms with Crippen LogP contribution in [0.2, 0.25) is 0 Å². The Kier molecular flexibility index (Phi) is 8.94. The minimum Gasteiger partial charge on any atom is -0.410 e. The van der Waals surface area contributed by atoms with Gasteiger partial charge in [0.15, 0.2) is 5.78 Å². The van der Waals surface area contributed by atoms with E-state index in [9.17, 15) is 9.59 Å². The molecule has 0 unspecified atom stereocenters. The summed E-state index contributed by atoms with van der Waals surface area (Å²) in [5.74, 6) is 0.673. The highest BCUT2D eigenvalue weighted by atomic mass is 32.9. The molecule has 0 bridgehead atoms. The lowest BCUT2D eigenvalue weighted by atomic mass is 10.0. The van der Waals surface area contributed by atoms with Crippen LogP contribution in [0.25, 0.3) is 0 Å². The summed E-state index contributed by atoms with van der Waals surface area (Å²) in [6.45, 7) is 3.97. The second-order valence-electron chi connectivity index (χ2n) is 5.09. The van der Waals surface area contributed by atoms with Crippen molar-refractivity contribution in [2.24, 2.45) is 0 Å². The van der Waals surface area contributed by atoms with E-state index in [1.807, 2.05) is 12.1 Å². The average molecular weight is 391 g/mol. The topological polar surface area (TPSA) is 73.9 Å². The standard InChI is InChI=1S/C15H22NO5PS2/c1-11(2)12-6-5-7-14(8-12)21-15(18)16-9-13(17)10-24-22(23,19-3)20-4/h5-8,11H,9-10H2,1-4H3,(H,16,18). The smallest absolute Gasteiger partial charge is 0.410 e. The third kappa shape index (κ3) is 7.32. The minimum atomic E-state index is -2.47. The van der Waals surface area contributed by atoms with Crippen molar-refractivity contribution in [2.75, 3.05) is 26.5 Å². The molecule has 0 heterocycles. The van der Waals surface area contributed by atoms with Crippen molar-refractivity contribution in [1.82, 2.24) is 5.32 Å². The maximum Gasteiger partial charge on any atom is 0.412 e. The first kappa shape index (κ1) is 21.1. The van der Waals surface area contributed by atoms with E-state index in [4.69, 9.17) is 25.6 Å². The van der Waals surface area contributed by atoms with Crippen LogP contribution in [0.1, 0.15) is 25.3 Å². The highest BCUT2D eigenvalue weighted by Gasteiger charge is 2.18. The fourth-order valence-electron chi connectivity index (χ4n) is 1.63. The number of ketones is 1. The van der Waals surface area contributed by atoms with Crippen molar-refractivity contribution in [3.05, 3.63) is 29.8 Å². The van der Waals surface area contributed by atoms with Gasteiger partial charge in [0, 0.05) is 14.2 Å². The number of benzene rings is 1. The van der Waals surface area contributed by atoms with Gasteiger partial charge in [0.2, 0.25) is 5.69 Å². The molecule has 0 radical (unpaired) electrons. The van der Waals surface area contributed by atoms with Gasteiger partial charge in [0.25, 0.3) is 0 Å². The SMILES string of the molecule is COP(=S)(OC)SCC(=O)CNC(=O)Oc1cccc(C(C)C)c1. The number of carbonyl (C=O) groups excluding carboxylic acids is 2. The molecular formula is C15H22NO5PS2. The van der Waals surface area contributed by atoms with Gasteiger partial charge in [-0.1, -0.05) is 37.4 Å². The Morgan fingerprint density at radius 3 is 2.54 bits per heavy atom. The van der Waals surface area contributed by atoms with E-state index < -0.39 is 11.8 Å². The Morgan fingerprint density at radius 2 is 1.96 bits per heavy atom. The number of hydrogen-bond acceptors (Lipinski definition) is 7. The molecule has 134 valence electrons. The minimum absolute atomic E-state index is 0.0993. The Balaban J connectivity index is 2.42. The summed E-state index contributed by atoms with van der Waals surface area (Å²) in [7, 11) is 2.89. The predicted molar refractivity (Wildman–Crippen MR) is 100 cm³/mol. The average Bonchev–Trinajstić information content (AvgIpc) is 2.58. The molecule has 9 heteroatoms. The normalized spacial score (nSPS) is 11.4. The Hall–Kier alpha value is -0.920. The summed E-state index contributed by atoms with van der Waals surface area (Å²) in [5.41, 5.74) is -1.40. The van der Waals surface area contributed by atoms with Crippen molar-refractivity contribution < 1.29 is 23.4 Å². The number of nitrogens with one attached hydrogen (secondary N) is 1. The first-order valence-corrected chi connectivity index (χ1v) is 11.5. The molecule has 0 spiro atoms. The van der Waals surface area contributed by atoms with E-state index in [0.717, 1.165) is 16.9 Å². The number of ether oxygens (including phenoxy) is 1. The van der Waals surface area contributed by atoms with Gasteiger partial charge in [0.1, 0.15) is 5.75 Å². The van der Waals surface area contributed by atoms with Gasteiger partial charge >= 0.3 is 6.09 Å². The molecule has 1 amide bonds. The molecule has 1 aromatic rings. The van der Waals surface area contributed by atoms with Crippen LogP contribution in [0.15, 0.2) is 24.3 Å². The van der Waals surface area contributed by atoms with Gasteiger partial charge in [-0.05, 0) is 35.4 Å². The summed E-state index contributed by atoms with van der Waals surface area (Å²) in [6.07, 6.45) is -0.674. The number of hydrogen-bond donors (Lipinski definition) is 1. The molecule has 24 heavy (non-hydrogen) atoms. The number of rotatable bonds is 9. The van der Waals surface area contributed by atoms with Gasteiger partial charge in [0.05, 0.1) is 12.3 Å². The van der Waals surface area contributed by atoms with E-state index in [1.165, 1.54) is 14.2 Å². The molecule has 6 nitrogen and oxygen atoms in total. The largest absolute Gasteiger partial charge is 0.412 e. The fraction of sp³-hybridized carbons (Fsp3) is 0.467. The molecule has 1 rings (SSSR count). The molecule has 0 atom stereocenters. The molecule has 0 aliphatic rings. The van der Waals surface area contributed by atoms with Crippen LogP contribution in [0.5, 0.6) is 5.75 Å². The third-order valence-corrected chi connectivity index (χ3v) is 8.73. The quantitative estimate of drug-likeness (QED) is 0.643. The Labute approximate surface area is 151 Å². The number of Topliss-reactive ketones (excluding diaryl/α,β-unsaturated/α-hetero) is 1. The molecule has 1 aromatic carbocycles. The van der Waals surface area contributed by atoms with Crippen LogP contribution in [-0.4, -0.2) is 38.4 Å². The molecule has 0 saturated heterocycles. The lowest BCUT2D eigenvalue weighted by molar-refractivity contribution is -0.115. The van der Waals surface area contributed by atoms with E-state index in [0.29, 0.717) is 11.7 Å². The summed E-state index contributed by atoms with van der Waals surface area (Å²) in [5, 5.41) is 2.42. The fourth-order valence-corrected chi connectivity index (χ4v) is 4.41. The monoisotopic (exact) mass is 391 g/mol. The van der Waals surface area contributed by atoms with Crippen molar-refractivity contribution in [3.8, 4) is 5.75 Å². The van der Waals surface area contributed by atoms with Crippen LogP contribution in [0.4, 0.5) is 4.79 Å². The van der Waals surface area contributed by atoms with Crippen molar-refractivity contribution in [3.63, 3.8) is 0 Å². The van der Waals surface area contributed by atoms with Crippen LogP contribution < -0.4 is 10.1 Å². The van der Waals surface area contributed by atoms with E-state index in [2.05, 4.69) is 19.2 Å². The third-order valence-electron chi connectivity index (χ3n) is 3.00. The summed E-state index contributed by atoms with van der Waals surface area (Å²) >= 11 is 6.28. The zero-order chi connectivity index (χ0) is 18.2. The second kappa shape index (κ2) is 10.2. The predicted octanol–water partition coefficient (Wildman–Crippen LogP) is 3.72. The van der Waals surface area contributed by atoms with Gasteiger partial charge in [-0.2, -0.15) is 0 Å². The van der Waals surface area contributed by atoms with Gasteiger partial charge in [-0.15, -0.1) is 0 Å². The Bertz CT molecular complexity index is 616. The maximum absolute atomic E-state index is 11.8. The zero-order valence-corrected chi connectivity index (χ0v) is 16.6. The number of carbonyl (C=O) groups is 2.